The third-order valence-electron chi connectivity index (χ3n) is 2.98. The Balaban J connectivity index is 1.83. The molecule has 0 fully saturated rings. The van der Waals surface area contributed by atoms with Gasteiger partial charge in [0.15, 0.2) is 0 Å². The molecule has 0 bridgehead atoms. The molecule has 0 radical (unpaired) electrons. The summed E-state index contributed by atoms with van der Waals surface area (Å²) in [4.78, 5) is 19.1. The first-order valence-corrected chi connectivity index (χ1v) is 6.70. The Kier molecular flexibility index (Phi) is 5.22. The zero-order valence-electron chi connectivity index (χ0n) is 11.8. The number of anilines is 1. The van der Waals surface area contributed by atoms with E-state index in [2.05, 4.69) is 20.6 Å². The van der Waals surface area contributed by atoms with Gasteiger partial charge >= 0.3 is 5.97 Å². The molecule has 3 N–H and O–H groups in total. The molecule has 1 aromatic heterocycles. The number of aliphatic carboxylic acids is 1. The van der Waals surface area contributed by atoms with Crippen LogP contribution in [0.15, 0.2) is 42.7 Å². The summed E-state index contributed by atoms with van der Waals surface area (Å²) in [6.07, 6.45) is 3.36. The summed E-state index contributed by atoms with van der Waals surface area (Å²) in [7, 11) is 0. The van der Waals surface area contributed by atoms with Gasteiger partial charge in [0.25, 0.3) is 0 Å². The van der Waals surface area contributed by atoms with Crippen LogP contribution >= 0.6 is 0 Å². The number of aromatic nitrogens is 2. The van der Waals surface area contributed by atoms with Crippen molar-refractivity contribution in [2.24, 2.45) is 0 Å². The van der Waals surface area contributed by atoms with Crippen molar-refractivity contribution < 1.29 is 9.90 Å². The average molecular weight is 286 g/mol. The Hall–Kier alpha value is -2.47. The van der Waals surface area contributed by atoms with Crippen molar-refractivity contribution in [2.45, 2.75) is 26.1 Å². The Bertz CT molecular complexity index is 572. The highest BCUT2D eigenvalue weighted by Gasteiger charge is 2.09. The van der Waals surface area contributed by atoms with Crippen LogP contribution in [0, 0.1) is 0 Å². The lowest BCUT2D eigenvalue weighted by Gasteiger charge is -2.09. The average Bonchev–Trinajstić information content (AvgIpc) is 2.52. The maximum Gasteiger partial charge on any atom is 0.320 e. The van der Waals surface area contributed by atoms with Crippen molar-refractivity contribution in [3.63, 3.8) is 0 Å². The molecule has 0 unspecified atom stereocenters. The zero-order valence-corrected chi connectivity index (χ0v) is 11.8. The molecule has 21 heavy (non-hydrogen) atoms. The van der Waals surface area contributed by atoms with Crippen LogP contribution in [0.1, 0.15) is 18.1 Å². The summed E-state index contributed by atoms with van der Waals surface area (Å²) in [5.41, 5.74) is 2.00. The molecule has 0 aliphatic rings. The zero-order chi connectivity index (χ0) is 15.1. The van der Waals surface area contributed by atoms with Crippen molar-refractivity contribution in [3.05, 3.63) is 53.9 Å². The van der Waals surface area contributed by atoms with Crippen molar-refractivity contribution in [2.75, 3.05) is 5.32 Å². The molecule has 0 aliphatic heterocycles. The summed E-state index contributed by atoms with van der Waals surface area (Å²) in [6.45, 7) is 2.68. The van der Waals surface area contributed by atoms with Crippen molar-refractivity contribution in [1.29, 1.82) is 0 Å². The van der Waals surface area contributed by atoms with Crippen LogP contribution in [0.2, 0.25) is 0 Å². The Morgan fingerprint density at radius 2 is 1.81 bits per heavy atom. The van der Waals surface area contributed by atoms with E-state index in [-0.39, 0.29) is 0 Å². The second-order valence-corrected chi connectivity index (χ2v) is 4.69. The van der Waals surface area contributed by atoms with Gasteiger partial charge in [-0.25, -0.2) is 9.97 Å². The largest absolute Gasteiger partial charge is 0.480 e. The van der Waals surface area contributed by atoms with E-state index < -0.39 is 12.0 Å². The molecule has 0 spiro atoms. The molecule has 6 nitrogen and oxygen atoms in total. The second-order valence-electron chi connectivity index (χ2n) is 4.69. The number of carboxylic acids is 1. The van der Waals surface area contributed by atoms with Gasteiger partial charge in [0.2, 0.25) is 5.95 Å². The second kappa shape index (κ2) is 7.35. The fourth-order valence-corrected chi connectivity index (χ4v) is 1.67. The highest BCUT2D eigenvalue weighted by atomic mass is 16.4. The van der Waals surface area contributed by atoms with Crippen LogP contribution in [-0.4, -0.2) is 27.1 Å². The van der Waals surface area contributed by atoms with Gasteiger partial charge in [0.05, 0.1) is 0 Å². The molecular formula is C15H18N4O2. The number of hydrogen-bond acceptors (Lipinski definition) is 5. The topological polar surface area (TPSA) is 87.1 Å². The third-order valence-corrected chi connectivity index (χ3v) is 2.98. The van der Waals surface area contributed by atoms with Gasteiger partial charge in [0, 0.05) is 31.0 Å². The fourth-order valence-electron chi connectivity index (χ4n) is 1.67. The lowest BCUT2D eigenvalue weighted by Crippen LogP contribution is -2.33. The number of carbonyl (C=O) groups is 1. The summed E-state index contributed by atoms with van der Waals surface area (Å²) < 4.78 is 0. The fraction of sp³-hybridized carbons (Fsp3) is 0.267. The monoisotopic (exact) mass is 286 g/mol. The minimum atomic E-state index is -0.878. The highest BCUT2D eigenvalue weighted by molar-refractivity contribution is 5.72. The van der Waals surface area contributed by atoms with E-state index in [1.807, 2.05) is 30.3 Å². The van der Waals surface area contributed by atoms with Crippen LogP contribution in [0.4, 0.5) is 5.95 Å². The molecule has 0 aliphatic carbocycles. The van der Waals surface area contributed by atoms with Crippen LogP contribution in [0.5, 0.6) is 0 Å². The number of hydrogen-bond donors (Lipinski definition) is 3. The summed E-state index contributed by atoms with van der Waals surface area (Å²) in [6, 6.07) is 9.39. The smallest absolute Gasteiger partial charge is 0.320 e. The maximum absolute atomic E-state index is 10.7. The summed E-state index contributed by atoms with van der Waals surface area (Å²) >= 11 is 0. The van der Waals surface area contributed by atoms with E-state index in [1.165, 1.54) is 0 Å². The number of nitrogens with zero attached hydrogens (tertiary/aromatic N) is 2. The van der Waals surface area contributed by atoms with Gasteiger partial charge < -0.3 is 15.7 Å². The number of rotatable bonds is 7. The Morgan fingerprint density at radius 1 is 1.14 bits per heavy atom. The Labute approximate surface area is 123 Å². The first kappa shape index (κ1) is 14.9. The molecule has 110 valence electrons. The van der Waals surface area contributed by atoms with Crippen LogP contribution in [0.3, 0.4) is 0 Å². The lowest BCUT2D eigenvalue weighted by molar-refractivity contribution is -0.139. The van der Waals surface area contributed by atoms with Gasteiger partial charge in [-0.2, -0.15) is 0 Å². The minimum absolute atomic E-state index is 0.423. The highest BCUT2D eigenvalue weighted by Crippen LogP contribution is 2.04. The molecule has 0 amide bonds. The van der Waals surface area contributed by atoms with Crippen LogP contribution < -0.4 is 10.6 Å². The number of carboxylic acid groups (broad SMARTS) is 1. The van der Waals surface area contributed by atoms with Gasteiger partial charge in [-0.15, -0.1) is 0 Å². The van der Waals surface area contributed by atoms with Gasteiger partial charge in [-0.1, -0.05) is 30.3 Å². The predicted octanol–water partition coefficient (Wildman–Crippen LogP) is 1.65. The molecule has 1 atom stereocenters. The van der Waals surface area contributed by atoms with E-state index >= 15 is 0 Å². The molecule has 2 aromatic rings. The number of benzene rings is 1. The van der Waals surface area contributed by atoms with E-state index in [0.29, 0.717) is 19.0 Å². The van der Waals surface area contributed by atoms with Crippen LogP contribution in [0.25, 0.3) is 0 Å². The molecule has 1 aromatic carbocycles. The third kappa shape index (κ3) is 4.85. The summed E-state index contributed by atoms with van der Waals surface area (Å²) in [5, 5.41) is 14.8. The van der Waals surface area contributed by atoms with Gasteiger partial charge in [0.1, 0.15) is 6.04 Å². The van der Waals surface area contributed by atoms with Crippen molar-refractivity contribution in [1.82, 2.24) is 15.3 Å². The molecule has 0 saturated carbocycles. The number of nitrogens with one attached hydrogen (secondary N) is 2. The molecule has 1 heterocycles. The quantitative estimate of drug-likeness (QED) is 0.717. The summed E-state index contributed by atoms with van der Waals surface area (Å²) in [5.74, 6) is -0.328. The molecular weight excluding hydrogens is 268 g/mol. The van der Waals surface area contributed by atoms with Crippen LogP contribution in [-0.2, 0) is 17.9 Å². The van der Waals surface area contributed by atoms with E-state index in [9.17, 15) is 4.79 Å². The SMILES string of the molecule is C[C@@H](NCc1cnc(NCc2ccccc2)nc1)C(=O)O. The Morgan fingerprint density at radius 3 is 2.43 bits per heavy atom. The minimum Gasteiger partial charge on any atom is -0.480 e. The van der Waals surface area contributed by atoms with Gasteiger partial charge in [-0.05, 0) is 12.5 Å². The lowest BCUT2D eigenvalue weighted by atomic mass is 10.2. The first-order valence-electron chi connectivity index (χ1n) is 6.70. The molecule has 2 rings (SSSR count). The van der Waals surface area contributed by atoms with E-state index in [4.69, 9.17) is 5.11 Å². The van der Waals surface area contributed by atoms with Crippen molar-refractivity contribution >= 4 is 11.9 Å². The van der Waals surface area contributed by atoms with E-state index in [1.54, 1.807) is 19.3 Å². The van der Waals surface area contributed by atoms with E-state index in [0.717, 1.165) is 11.1 Å². The predicted molar refractivity (Wildman–Crippen MR) is 79.7 cm³/mol. The maximum atomic E-state index is 10.7. The molecule has 6 heteroatoms. The van der Waals surface area contributed by atoms with Gasteiger partial charge in [-0.3, -0.25) is 4.79 Å². The standard InChI is InChI=1S/C15H18N4O2/c1-11(14(20)21)16-8-13-9-18-15(19-10-13)17-7-12-5-3-2-4-6-12/h2-6,9-11,16H,7-8H2,1H3,(H,20,21)(H,17,18,19)/t11-/m1/s1. The van der Waals surface area contributed by atoms with Crippen molar-refractivity contribution in [3.8, 4) is 0 Å². The first-order chi connectivity index (χ1) is 10.1. The molecule has 0 saturated heterocycles. The normalized spacial score (nSPS) is 11.9.